The molecule has 3 rings (SSSR count). The van der Waals surface area contributed by atoms with Gasteiger partial charge in [0.1, 0.15) is 5.75 Å². The lowest BCUT2D eigenvalue weighted by molar-refractivity contribution is 0.106. The summed E-state index contributed by atoms with van der Waals surface area (Å²) in [5.41, 5.74) is 0.527. The summed E-state index contributed by atoms with van der Waals surface area (Å²) in [4.78, 5) is 27.0. The minimum Gasteiger partial charge on any atom is -0.504 e. The number of nitrogens with one attached hydrogen (secondary N) is 1. The standard InChI is InChI=1S/C19H14ClNO5S/c1-26-12-4-2-11(3-5-12)14(22)9-17-21-19(25)16(27-17)8-10-6-13(20)18(24)15(23)7-10/h2-9,23-24H,1H3,(H,21,25)/b16-8+,17-9+. The van der Waals surface area contributed by atoms with E-state index >= 15 is 0 Å². The van der Waals surface area contributed by atoms with E-state index in [1.54, 1.807) is 31.4 Å². The van der Waals surface area contributed by atoms with Crippen molar-refractivity contribution >= 4 is 40.9 Å². The van der Waals surface area contributed by atoms with Gasteiger partial charge in [-0.2, -0.15) is 0 Å². The van der Waals surface area contributed by atoms with Gasteiger partial charge in [-0.05, 0) is 48.0 Å². The molecule has 1 heterocycles. The molecule has 0 saturated carbocycles. The Labute approximate surface area is 162 Å². The summed E-state index contributed by atoms with van der Waals surface area (Å²) in [6.07, 6.45) is 2.84. The van der Waals surface area contributed by atoms with E-state index in [0.29, 0.717) is 26.1 Å². The van der Waals surface area contributed by atoms with Crippen LogP contribution in [0.2, 0.25) is 5.02 Å². The Morgan fingerprint density at radius 1 is 1.22 bits per heavy atom. The van der Waals surface area contributed by atoms with Gasteiger partial charge in [-0.3, -0.25) is 9.59 Å². The number of benzene rings is 2. The Bertz CT molecular complexity index is 1160. The van der Waals surface area contributed by atoms with Crippen LogP contribution in [0.25, 0.3) is 12.2 Å². The SMILES string of the molecule is COc1ccc(C(=O)/C=c2\[nH]c(=O)/c(=C\c3cc(O)c(O)c(Cl)c3)s2)cc1. The van der Waals surface area contributed by atoms with Crippen molar-refractivity contribution < 1.29 is 19.7 Å². The van der Waals surface area contributed by atoms with E-state index in [1.165, 1.54) is 24.3 Å². The lowest BCUT2D eigenvalue weighted by Gasteiger charge is -2.01. The molecule has 0 fully saturated rings. The van der Waals surface area contributed by atoms with Crippen molar-refractivity contribution in [1.29, 1.82) is 0 Å². The number of aromatic hydroxyl groups is 2. The molecule has 138 valence electrons. The minimum atomic E-state index is -0.423. The number of halogens is 1. The van der Waals surface area contributed by atoms with Crippen LogP contribution in [0.1, 0.15) is 15.9 Å². The number of aromatic nitrogens is 1. The minimum absolute atomic E-state index is 0.0318. The summed E-state index contributed by atoms with van der Waals surface area (Å²) >= 11 is 6.91. The number of ether oxygens (including phenoxy) is 1. The quantitative estimate of drug-likeness (QED) is 0.457. The molecular formula is C19H14ClNO5S. The fourth-order valence-electron chi connectivity index (χ4n) is 2.32. The van der Waals surface area contributed by atoms with Gasteiger partial charge < -0.3 is 19.9 Å². The maximum atomic E-state index is 12.3. The number of carbonyl (C=O) groups excluding carboxylic acids is 1. The number of rotatable bonds is 4. The number of hydrogen-bond donors (Lipinski definition) is 3. The van der Waals surface area contributed by atoms with E-state index in [2.05, 4.69) is 4.98 Å². The van der Waals surface area contributed by atoms with Gasteiger partial charge in [0.25, 0.3) is 5.56 Å². The van der Waals surface area contributed by atoms with Crippen LogP contribution in [-0.4, -0.2) is 28.1 Å². The zero-order chi connectivity index (χ0) is 19.6. The number of phenolic OH excluding ortho intramolecular Hbond substituents is 2. The average Bonchev–Trinajstić information content (AvgIpc) is 2.98. The number of ketones is 1. The number of Topliss-reactive ketones (excluding diaryl/α,β-unsaturated/α-hetero) is 1. The van der Waals surface area contributed by atoms with E-state index < -0.39 is 5.75 Å². The molecule has 0 aliphatic rings. The highest BCUT2D eigenvalue weighted by molar-refractivity contribution is 7.07. The summed E-state index contributed by atoms with van der Waals surface area (Å²) in [6, 6.07) is 9.33. The predicted octanol–water partition coefficient (Wildman–Crippen LogP) is 2.00. The number of phenols is 2. The van der Waals surface area contributed by atoms with E-state index in [9.17, 15) is 19.8 Å². The smallest absolute Gasteiger partial charge is 0.266 e. The zero-order valence-corrected chi connectivity index (χ0v) is 15.6. The molecule has 0 amide bonds. The monoisotopic (exact) mass is 403 g/mol. The number of H-pyrrole nitrogens is 1. The van der Waals surface area contributed by atoms with Crippen molar-refractivity contribution in [1.82, 2.24) is 4.98 Å². The first kappa shape index (κ1) is 18.8. The van der Waals surface area contributed by atoms with Gasteiger partial charge in [0, 0.05) is 11.6 Å². The van der Waals surface area contributed by atoms with Crippen molar-refractivity contribution in [2.45, 2.75) is 0 Å². The molecule has 1 aromatic heterocycles. The molecule has 0 aliphatic carbocycles. The predicted molar refractivity (Wildman–Crippen MR) is 104 cm³/mol. The van der Waals surface area contributed by atoms with Gasteiger partial charge in [-0.1, -0.05) is 11.6 Å². The van der Waals surface area contributed by atoms with E-state index in [4.69, 9.17) is 16.3 Å². The maximum Gasteiger partial charge on any atom is 0.266 e. The van der Waals surface area contributed by atoms with Crippen LogP contribution in [0.5, 0.6) is 17.2 Å². The van der Waals surface area contributed by atoms with Crippen LogP contribution in [0.3, 0.4) is 0 Å². The van der Waals surface area contributed by atoms with E-state index in [0.717, 1.165) is 11.3 Å². The lowest BCUT2D eigenvalue weighted by atomic mass is 10.1. The molecule has 0 unspecified atom stereocenters. The topological polar surface area (TPSA) is 99.6 Å². The van der Waals surface area contributed by atoms with Crippen molar-refractivity contribution in [2.75, 3.05) is 7.11 Å². The summed E-state index contributed by atoms with van der Waals surface area (Å²) in [6.45, 7) is 0. The first-order valence-electron chi connectivity index (χ1n) is 7.70. The Morgan fingerprint density at radius 3 is 2.56 bits per heavy atom. The van der Waals surface area contributed by atoms with Crippen LogP contribution >= 0.6 is 22.9 Å². The number of hydrogen-bond acceptors (Lipinski definition) is 6. The summed E-state index contributed by atoms with van der Waals surface area (Å²) in [5.74, 6) is -0.424. The Kier molecular flexibility index (Phi) is 5.34. The molecule has 6 nitrogen and oxygen atoms in total. The molecule has 3 aromatic rings. The largest absolute Gasteiger partial charge is 0.504 e. The molecule has 0 atom stereocenters. The van der Waals surface area contributed by atoms with Gasteiger partial charge in [-0.25, -0.2) is 0 Å². The molecule has 8 heteroatoms. The fourth-order valence-corrected chi connectivity index (χ4v) is 3.43. The molecule has 0 bridgehead atoms. The highest BCUT2D eigenvalue weighted by Crippen LogP contribution is 2.34. The third-order valence-electron chi connectivity index (χ3n) is 3.68. The molecule has 27 heavy (non-hydrogen) atoms. The second kappa shape index (κ2) is 7.69. The highest BCUT2D eigenvalue weighted by atomic mass is 35.5. The van der Waals surface area contributed by atoms with Gasteiger partial charge >= 0.3 is 0 Å². The van der Waals surface area contributed by atoms with Crippen molar-refractivity contribution in [3.63, 3.8) is 0 Å². The molecule has 0 radical (unpaired) electrons. The van der Waals surface area contributed by atoms with Crippen LogP contribution in [0.15, 0.2) is 41.2 Å². The second-order valence-corrected chi connectivity index (χ2v) is 7.03. The Morgan fingerprint density at radius 2 is 1.93 bits per heavy atom. The van der Waals surface area contributed by atoms with Crippen LogP contribution in [0, 0.1) is 0 Å². The van der Waals surface area contributed by atoms with Crippen molar-refractivity contribution in [3.05, 3.63) is 72.1 Å². The Hall–Kier alpha value is -3.03. The third-order valence-corrected chi connectivity index (χ3v) is 4.93. The van der Waals surface area contributed by atoms with Crippen LogP contribution in [-0.2, 0) is 0 Å². The molecular weight excluding hydrogens is 390 g/mol. The van der Waals surface area contributed by atoms with Crippen molar-refractivity contribution in [2.24, 2.45) is 0 Å². The molecule has 2 aromatic carbocycles. The number of thiazole rings is 1. The number of methoxy groups -OCH3 is 1. The van der Waals surface area contributed by atoms with E-state index in [1.807, 2.05) is 0 Å². The maximum absolute atomic E-state index is 12.3. The molecule has 0 spiro atoms. The normalized spacial score (nSPS) is 12.4. The molecule has 0 aliphatic heterocycles. The number of aromatic amines is 1. The first-order chi connectivity index (χ1) is 12.9. The zero-order valence-electron chi connectivity index (χ0n) is 14.0. The summed E-state index contributed by atoms with van der Waals surface area (Å²) in [7, 11) is 1.54. The summed E-state index contributed by atoms with van der Waals surface area (Å²) < 4.78 is 5.77. The van der Waals surface area contributed by atoms with Crippen LogP contribution < -0.4 is 19.5 Å². The molecule has 0 saturated heterocycles. The lowest BCUT2D eigenvalue weighted by Crippen LogP contribution is -2.20. The Balaban J connectivity index is 1.97. The highest BCUT2D eigenvalue weighted by Gasteiger charge is 2.07. The molecule has 3 N–H and O–H groups in total. The fraction of sp³-hybridized carbons (Fsp3) is 0.0526. The first-order valence-corrected chi connectivity index (χ1v) is 8.89. The van der Waals surface area contributed by atoms with E-state index in [-0.39, 0.29) is 22.1 Å². The van der Waals surface area contributed by atoms with Gasteiger partial charge in [-0.15, -0.1) is 11.3 Å². The second-order valence-electron chi connectivity index (χ2n) is 5.54. The van der Waals surface area contributed by atoms with Crippen molar-refractivity contribution in [3.8, 4) is 17.2 Å². The number of carbonyl (C=O) groups is 1. The van der Waals surface area contributed by atoms with Gasteiger partial charge in [0.15, 0.2) is 17.3 Å². The third kappa shape index (κ3) is 4.21. The van der Waals surface area contributed by atoms with Gasteiger partial charge in [0.05, 0.1) is 21.3 Å². The average molecular weight is 404 g/mol. The van der Waals surface area contributed by atoms with Gasteiger partial charge in [0.2, 0.25) is 0 Å². The van der Waals surface area contributed by atoms with Crippen LogP contribution in [0.4, 0.5) is 0 Å². The summed E-state index contributed by atoms with van der Waals surface area (Å²) in [5, 5.41) is 19.1.